The van der Waals surface area contributed by atoms with Crippen LogP contribution in [0, 0.1) is 5.92 Å². The molecule has 0 aliphatic heterocycles. The Balaban J connectivity index is 3.91. The maximum Gasteiger partial charge on any atom is 0.0780 e. The first-order valence-corrected chi connectivity index (χ1v) is 4.56. The summed E-state index contributed by atoms with van der Waals surface area (Å²) in [6.07, 6.45) is 5.25. The van der Waals surface area contributed by atoms with E-state index in [-0.39, 0.29) is 5.92 Å². The molecule has 2 heteroatoms. The van der Waals surface area contributed by atoms with Crippen molar-refractivity contribution in [1.29, 1.82) is 0 Å². The van der Waals surface area contributed by atoms with E-state index >= 15 is 0 Å². The van der Waals surface area contributed by atoms with Crippen LogP contribution in [-0.4, -0.2) is 21.9 Å². The third kappa shape index (κ3) is 6.55. The maximum absolute atomic E-state index is 9.47. The Morgan fingerprint density at radius 3 is 2.38 bits per heavy atom. The van der Waals surface area contributed by atoms with E-state index in [1.807, 2.05) is 6.92 Å². The van der Waals surface area contributed by atoms with E-state index < -0.39 is 11.7 Å². The van der Waals surface area contributed by atoms with Gasteiger partial charge in [-0.1, -0.05) is 25.2 Å². The minimum absolute atomic E-state index is 0.0538. The van der Waals surface area contributed by atoms with E-state index in [9.17, 15) is 10.2 Å². The van der Waals surface area contributed by atoms with Crippen molar-refractivity contribution in [1.82, 2.24) is 0 Å². The highest BCUT2D eigenvalue weighted by Gasteiger charge is 2.10. The van der Waals surface area contributed by atoms with Crippen molar-refractivity contribution in [3.63, 3.8) is 0 Å². The quantitative estimate of drug-likeness (QED) is 0.640. The second-order valence-electron chi connectivity index (χ2n) is 4.03. The fraction of sp³-hybridized carbons (Fsp3) is 0.636. The van der Waals surface area contributed by atoms with Gasteiger partial charge in [-0.15, -0.1) is 6.58 Å². The van der Waals surface area contributed by atoms with Crippen molar-refractivity contribution in [2.24, 2.45) is 5.92 Å². The summed E-state index contributed by atoms with van der Waals surface area (Å²) in [6, 6.07) is 0. The van der Waals surface area contributed by atoms with Gasteiger partial charge in [-0.2, -0.15) is 0 Å². The molecular weight excluding hydrogens is 164 g/mol. The van der Waals surface area contributed by atoms with Gasteiger partial charge in [0.25, 0.3) is 0 Å². The molecule has 0 saturated heterocycles. The van der Waals surface area contributed by atoms with E-state index in [0.717, 1.165) is 0 Å². The minimum Gasteiger partial charge on any atom is -0.390 e. The molecule has 0 aliphatic rings. The van der Waals surface area contributed by atoms with Crippen molar-refractivity contribution in [3.05, 3.63) is 24.8 Å². The van der Waals surface area contributed by atoms with Gasteiger partial charge in [-0.25, -0.2) is 0 Å². The monoisotopic (exact) mass is 184 g/mol. The van der Waals surface area contributed by atoms with Gasteiger partial charge in [-0.3, -0.25) is 0 Å². The number of hydrogen-bond donors (Lipinski definition) is 2. The van der Waals surface area contributed by atoms with Crippen molar-refractivity contribution in [3.8, 4) is 0 Å². The van der Waals surface area contributed by atoms with Crippen molar-refractivity contribution in [2.75, 3.05) is 0 Å². The summed E-state index contributed by atoms with van der Waals surface area (Å²) in [6.45, 7) is 8.96. The first-order valence-electron chi connectivity index (χ1n) is 4.56. The van der Waals surface area contributed by atoms with E-state index in [0.29, 0.717) is 6.42 Å². The molecule has 0 radical (unpaired) electrons. The molecule has 0 fully saturated rings. The van der Waals surface area contributed by atoms with Gasteiger partial charge in [0.2, 0.25) is 0 Å². The molecule has 13 heavy (non-hydrogen) atoms. The Morgan fingerprint density at radius 2 is 2.00 bits per heavy atom. The highest BCUT2D eigenvalue weighted by molar-refractivity contribution is 4.97. The molecule has 0 spiro atoms. The third-order valence-electron chi connectivity index (χ3n) is 1.86. The van der Waals surface area contributed by atoms with Crippen molar-refractivity contribution >= 4 is 0 Å². The van der Waals surface area contributed by atoms with Crippen LogP contribution in [0.15, 0.2) is 24.8 Å². The summed E-state index contributed by atoms with van der Waals surface area (Å²) < 4.78 is 0. The largest absolute Gasteiger partial charge is 0.390 e. The Bertz CT molecular complexity index is 177. The van der Waals surface area contributed by atoms with Crippen LogP contribution in [0.25, 0.3) is 0 Å². The highest BCUT2D eigenvalue weighted by atomic mass is 16.3. The van der Waals surface area contributed by atoms with Gasteiger partial charge in [0, 0.05) is 5.92 Å². The summed E-state index contributed by atoms with van der Waals surface area (Å²) >= 11 is 0. The Morgan fingerprint density at radius 1 is 1.46 bits per heavy atom. The lowest BCUT2D eigenvalue weighted by Crippen LogP contribution is -2.17. The molecular formula is C11H20O2. The van der Waals surface area contributed by atoms with Crippen LogP contribution in [0.4, 0.5) is 0 Å². The van der Waals surface area contributed by atoms with Crippen LogP contribution in [0.2, 0.25) is 0 Å². The molecule has 0 bridgehead atoms. The molecule has 2 N–H and O–H groups in total. The van der Waals surface area contributed by atoms with Gasteiger partial charge in [0.15, 0.2) is 0 Å². The fourth-order valence-electron chi connectivity index (χ4n) is 0.811. The average molecular weight is 184 g/mol. The first kappa shape index (κ1) is 12.4. The predicted octanol–water partition coefficient (Wildman–Crippen LogP) is 1.89. The smallest absolute Gasteiger partial charge is 0.0780 e. The number of aliphatic hydroxyl groups is 2. The lowest BCUT2D eigenvalue weighted by molar-refractivity contribution is 0.0834. The summed E-state index contributed by atoms with van der Waals surface area (Å²) in [5, 5.41) is 18.8. The van der Waals surface area contributed by atoms with Crippen LogP contribution in [0.1, 0.15) is 27.2 Å². The van der Waals surface area contributed by atoms with Crippen LogP contribution in [0.3, 0.4) is 0 Å². The van der Waals surface area contributed by atoms with E-state index in [2.05, 4.69) is 6.58 Å². The van der Waals surface area contributed by atoms with Gasteiger partial charge < -0.3 is 10.2 Å². The van der Waals surface area contributed by atoms with Gasteiger partial charge >= 0.3 is 0 Å². The van der Waals surface area contributed by atoms with Gasteiger partial charge in [-0.05, 0) is 20.3 Å². The zero-order valence-electron chi connectivity index (χ0n) is 8.70. The van der Waals surface area contributed by atoms with Crippen molar-refractivity contribution in [2.45, 2.75) is 38.9 Å². The minimum atomic E-state index is -0.701. The maximum atomic E-state index is 9.47. The number of aliphatic hydroxyl groups excluding tert-OH is 1. The third-order valence-corrected chi connectivity index (χ3v) is 1.86. The lowest BCUT2D eigenvalue weighted by atomic mass is 10.0. The molecule has 0 unspecified atom stereocenters. The molecule has 0 heterocycles. The molecule has 0 aromatic carbocycles. The zero-order chi connectivity index (χ0) is 10.5. The second kappa shape index (κ2) is 5.20. The Hall–Kier alpha value is -0.600. The van der Waals surface area contributed by atoms with Crippen LogP contribution < -0.4 is 0 Å². The summed E-state index contributed by atoms with van der Waals surface area (Å²) in [5.41, 5.74) is -0.701. The lowest BCUT2D eigenvalue weighted by Gasteiger charge is -2.15. The zero-order valence-corrected chi connectivity index (χ0v) is 8.70. The average Bonchev–Trinajstić information content (AvgIpc) is 2.00. The summed E-state index contributed by atoms with van der Waals surface area (Å²) in [5.74, 6) is 0.0538. The Kier molecular flexibility index (Phi) is 4.96. The van der Waals surface area contributed by atoms with E-state index in [4.69, 9.17) is 0 Å². The number of rotatable bonds is 5. The number of hydrogen-bond acceptors (Lipinski definition) is 2. The second-order valence-corrected chi connectivity index (χ2v) is 4.03. The van der Waals surface area contributed by atoms with Gasteiger partial charge in [0.1, 0.15) is 0 Å². The van der Waals surface area contributed by atoms with Crippen LogP contribution in [-0.2, 0) is 0 Å². The molecule has 0 aromatic rings. The highest BCUT2D eigenvalue weighted by Crippen LogP contribution is 2.10. The first-order chi connectivity index (χ1) is 5.87. The topological polar surface area (TPSA) is 40.5 Å². The van der Waals surface area contributed by atoms with E-state index in [1.165, 1.54) is 0 Å². The predicted molar refractivity (Wildman–Crippen MR) is 55.4 cm³/mol. The normalized spacial score (nSPS) is 17.3. The molecule has 76 valence electrons. The SMILES string of the molecule is C=C[C@@H](C)[C@H](O)/C=C/CC(C)(C)O. The fourth-order valence-corrected chi connectivity index (χ4v) is 0.811. The van der Waals surface area contributed by atoms with E-state index in [1.54, 1.807) is 32.1 Å². The van der Waals surface area contributed by atoms with Crippen LogP contribution in [0.5, 0.6) is 0 Å². The molecule has 0 aromatic heterocycles. The summed E-state index contributed by atoms with van der Waals surface area (Å²) in [7, 11) is 0. The molecule has 2 atom stereocenters. The molecule has 2 nitrogen and oxygen atoms in total. The molecule has 0 saturated carbocycles. The molecule has 0 aliphatic carbocycles. The van der Waals surface area contributed by atoms with Crippen molar-refractivity contribution < 1.29 is 10.2 Å². The molecule has 0 rings (SSSR count). The standard InChI is InChI=1S/C11H20O2/c1-5-9(2)10(12)7-6-8-11(3,4)13/h5-7,9-10,12-13H,1,8H2,2-4H3/b7-6+/t9-,10-/m1/s1. The van der Waals surface area contributed by atoms with Crippen LogP contribution >= 0.6 is 0 Å². The summed E-state index contributed by atoms with van der Waals surface area (Å²) in [4.78, 5) is 0. The molecule has 0 amide bonds. The van der Waals surface area contributed by atoms with Gasteiger partial charge in [0.05, 0.1) is 11.7 Å². The Labute approximate surface area is 80.6 Å².